The fraction of sp³-hybridized carbons (Fsp3) is 0.455. The first-order valence-electron chi connectivity index (χ1n) is 5.05. The number of hydrogen-bond acceptors (Lipinski definition) is 4. The van der Waals surface area contributed by atoms with Crippen molar-refractivity contribution in [3.05, 3.63) is 18.2 Å². The second-order valence-electron chi connectivity index (χ2n) is 3.35. The summed E-state index contributed by atoms with van der Waals surface area (Å²) in [6.45, 7) is 1.06. The van der Waals surface area contributed by atoms with Gasteiger partial charge in [0.1, 0.15) is 5.75 Å². The number of unbranched alkanes of at least 4 members (excludes halogenated alkanes) is 1. The molecule has 4 N–H and O–H groups in total. The Kier molecular flexibility index (Phi) is 4.77. The zero-order chi connectivity index (χ0) is 11.1. The summed E-state index contributed by atoms with van der Waals surface area (Å²) in [5, 5.41) is 11.8. The molecule has 1 aromatic rings. The number of aliphatic hydroxyl groups is 1. The number of rotatable bonds is 6. The summed E-state index contributed by atoms with van der Waals surface area (Å²) in [6.07, 6.45) is 1.75. The van der Waals surface area contributed by atoms with Crippen LogP contribution in [0, 0.1) is 0 Å². The predicted molar refractivity (Wildman–Crippen MR) is 62.2 cm³/mol. The summed E-state index contributed by atoms with van der Waals surface area (Å²) in [6, 6.07) is 5.54. The highest BCUT2D eigenvalue weighted by atomic mass is 16.5. The molecule has 0 spiro atoms. The summed E-state index contributed by atoms with van der Waals surface area (Å²) >= 11 is 0. The number of hydrogen-bond donors (Lipinski definition) is 3. The van der Waals surface area contributed by atoms with Crippen molar-refractivity contribution in [1.82, 2.24) is 0 Å². The van der Waals surface area contributed by atoms with Crippen LogP contribution in [0.4, 0.5) is 11.4 Å². The van der Waals surface area contributed by atoms with Gasteiger partial charge in [0.2, 0.25) is 0 Å². The lowest BCUT2D eigenvalue weighted by Crippen LogP contribution is -2.03. The van der Waals surface area contributed by atoms with Crippen LogP contribution >= 0.6 is 0 Å². The molecular weight excluding hydrogens is 192 g/mol. The standard InChI is InChI=1S/C11H18N2O2/c1-15-11-7-9(12)6-10(8-11)13-4-2-3-5-14/h6-8,13-14H,2-5,12H2,1H3. The van der Waals surface area contributed by atoms with Crippen molar-refractivity contribution in [3.63, 3.8) is 0 Å². The molecule has 0 saturated heterocycles. The molecule has 1 aromatic carbocycles. The van der Waals surface area contributed by atoms with Crippen LogP contribution in [0.1, 0.15) is 12.8 Å². The van der Waals surface area contributed by atoms with Gasteiger partial charge in [0.25, 0.3) is 0 Å². The highest BCUT2D eigenvalue weighted by Gasteiger charge is 1.98. The van der Waals surface area contributed by atoms with Crippen LogP contribution in [0.3, 0.4) is 0 Å². The van der Waals surface area contributed by atoms with Crippen LogP contribution < -0.4 is 15.8 Å². The molecular formula is C11H18N2O2. The van der Waals surface area contributed by atoms with Gasteiger partial charge in [-0.15, -0.1) is 0 Å². The van der Waals surface area contributed by atoms with Gasteiger partial charge in [-0.3, -0.25) is 0 Å². The van der Waals surface area contributed by atoms with E-state index in [0.717, 1.165) is 30.8 Å². The molecule has 0 atom stereocenters. The van der Waals surface area contributed by atoms with Gasteiger partial charge in [-0.05, 0) is 18.9 Å². The van der Waals surface area contributed by atoms with Gasteiger partial charge in [-0.2, -0.15) is 0 Å². The predicted octanol–water partition coefficient (Wildman–Crippen LogP) is 1.46. The van der Waals surface area contributed by atoms with Crippen LogP contribution in [0.2, 0.25) is 0 Å². The minimum absolute atomic E-state index is 0.238. The lowest BCUT2D eigenvalue weighted by atomic mass is 10.2. The van der Waals surface area contributed by atoms with Gasteiger partial charge in [-0.1, -0.05) is 0 Å². The molecule has 0 radical (unpaired) electrons. The highest BCUT2D eigenvalue weighted by Crippen LogP contribution is 2.21. The summed E-state index contributed by atoms with van der Waals surface area (Å²) < 4.78 is 5.10. The molecule has 0 fully saturated rings. The van der Waals surface area contributed by atoms with E-state index in [1.54, 1.807) is 13.2 Å². The Morgan fingerprint density at radius 1 is 1.33 bits per heavy atom. The van der Waals surface area contributed by atoms with Gasteiger partial charge in [0.05, 0.1) is 7.11 Å². The monoisotopic (exact) mass is 210 g/mol. The minimum atomic E-state index is 0.238. The number of nitrogens with two attached hydrogens (primary N) is 1. The third-order valence-electron chi connectivity index (χ3n) is 2.08. The topological polar surface area (TPSA) is 67.5 Å². The van der Waals surface area contributed by atoms with E-state index < -0.39 is 0 Å². The molecule has 4 heteroatoms. The van der Waals surface area contributed by atoms with Crippen LogP contribution in [-0.4, -0.2) is 25.4 Å². The molecule has 0 aromatic heterocycles. The molecule has 4 nitrogen and oxygen atoms in total. The molecule has 0 bridgehead atoms. The average molecular weight is 210 g/mol. The molecule has 84 valence electrons. The zero-order valence-corrected chi connectivity index (χ0v) is 8.99. The highest BCUT2D eigenvalue weighted by molar-refractivity contribution is 5.59. The molecule has 0 saturated carbocycles. The van der Waals surface area contributed by atoms with Crippen LogP contribution in [-0.2, 0) is 0 Å². The van der Waals surface area contributed by atoms with Crippen LogP contribution in [0.15, 0.2) is 18.2 Å². The first-order chi connectivity index (χ1) is 7.26. The van der Waals surface area contributed by atoms with Crippen molar-refractivity contribution in [2.45, 2.75) is 12.8 Å². The van der Waals surface area contributed by atoms with E-state index in [2.05, 4.69) is 5.32 Å². The van der Waals surface area contributed by atoms with E-state index in [0.29, 0.717) is 5.69 Å². The lowest BCUT2D eigenvalue weighted by Gasteiger charge is -2.09. The average Bonchev–Trinajstić information content (AvgIpc) is 2.23. The zero-order valence-electron chi connectivity index (χ0n) is 8.99. The summed E-state index contributed by atoms with van der Waals surface area (Å²) in [4.78, 5) is 0. The number of nitrogen functional groups attached to an aromatic ring is 1. The summed E-state index contributed by atoms with van der Waals surface area (Å²) in [5.74, 6) is 0.750. The number of methoxy groups -OCH3 is 1. The quantitative estimate of drug-likeness (QED) is 0.491. The summed E-state index contributed by atoms with van der Waals surface area (Å²) in [5.41, 5.74) is 7.33. The largest absolute Gasteiger partial charge is 0.497 e. The molecule has 0 aliphatic carbocycles. The van der Waals surface area contributed by atoms with Gasteiger partial charge < -0.3 is 20.9 Å². The molecule has 0 amide bonds. The van der Waals surface area contributed by atoms with E-state index in [-0.39, 0.29) is 6.61 Å². The van der Waals surface area contributed by atoms with Gasteiger partial charge >= 0.3 is 0 Å². The number of aliphatic hydroxyl groups excluding tert-OH is 1. The molecule has 1 rings (SSSR count). The van der Waals surface area contributed by atoms with E-state index in [1.165, 1.54) is 0 Å². The van der Waals surface area contributed by atoms with Crippen molar-refractivity contribution in [1.29, 1.82) is 0 Å². The van der Waals surface area contributed by atoms with E-state index in [9.17, 15) is 0 Å². The molecule has 0 aliphatic heterocycles. The Bertz CT molecular complexity index is 303. The maximum Gasteiger partial charge on any atom is 0.122 e. The van der Waals surface area contributed by atoms with Gasteiger partial charge in [0, 0.05) is 36.7 Å². The van der Waals surface area contributed by atoms with Gasteiger partial charge in [-0.25, -0.2) is 0 Å². The van der Waals surface area contributed by atoms with Crippen molar-refractivity contribution in [2.24, 2.45) is 0 Å². The molecule has 0 heterocycles. The molecule has 0 unspecified atom stereocenters. The van der Waals surface area contributed by atoms with E-state index >= 15 is 0 Å². The first kappa shape index (κ1) is 11.7. The van der Waals surface area contributed by atoms with Crippen LogP contribution in [0.25, 0.3) is 0 Å². The number of ether oxygens (including phenoxy) is 1. The Morgan fingerprint density at radius 3 is 2.80 bits per heavy atom. The second-order valence-corrected chi connectivity index (χ2v) is 3.35. The van der Waals surface area contributed by atoms with Gasteiger partial charge in [0.15, 0.2) is 0 Å². The van der Waals surface area contributed by atoms with Crippen LogP contribution in [0.5, 0.6) is 5.75 Å². The van der Waals surface area contributed by atoms with E-state index in [1.807, 2.05) is 12.1 Å². The van der Waals surface area contributed by atoms with Crippen molar-refractivity contribution in [2.75, 3.05) is 31.3 Å². The molecule has 15 heavy (non-hydrogen) atoms. The lowest BCUT2D eigenvalue weighted by molar-refractivity contribution is 0.286. The maximum absolute atomic E-state index is 8.62. The normalized spacial score (nSPS) is 10.0. The van der Waals surface area contributed by atoms with Crippen molar-refractivity contribution < 1.29 is 9.84 Å². The fourth-order valence-electron chi connectivity index (χ4n) is 1.31. The third kappa shape index (κ3) is 4.08. The number of benzene rings is 1. The molecule has 0 aliphatic rings. The minimum Gasteiger partial charge on any atom is -0.497 e. The van der Waals surface area contributed by atoms with Crippen molar-refractivity contribution >= 4 is 11.4 Å². The Morgan fingerprint density at radius 2 is 2.13 bits per heavy atom. The fourth-order valence-corrected chi connectivity index (χ4v) is 1.31. The Balaban J connectivity index is 2.49. The SMILES string of the molecule is COc1cc(N)cc(NCCCCO)c1. The van der Waals surface area contributed by atoms with E-state index in [4.69, 9.17) is 15.6 Å². The first-order valence-corrected chi connectivity index (χ1v) is 5.05. The maximum atomic E-state index is 8.62. The number of anilines is 2. The van der Waals surface area contributed by atoms with Crippen molar-refractivity contribution in [3.8, 4) is 5.75 Å². The number of nitrogens with one attached hydrogen (secondary N) is 1. The Labute approximate surface area is 90.1 Å². The second kappa shape index (κ2) is 6.14. The Hall–Kier alpha value is -1.42. The third-order valence-corrected chi connectivity index (χ3v) is 2.08. The summed E-state index contributed by atoms with van der Waals surface area (Å²) in [7, 11) is 1.62. The smallest absolute Gasteiger partial charge is 0.122 e.